The van der Waals surface area contributed by atoms with E-state index in [4.69, 9.17) is 0 Å². The molecule has 140 valence electrons. The zero-order valence-corrected chi connectivity index (χ0v) is 16.4. The molecular formula is C25H24N2O. The molecular weight excluding hydrogens is 344 g/mol. The number of hydrogen-bond acceptors (Lipinski definition) is 3. The molecule has 0 unspecified atom stereocenters. The number of ketones is 1. The highest BCUT2D eigenvalue weighted by molar-refractivity contribution is 5.97. The third-order valence-corrected chi connectivity index (χ3v) is 5.95. The monoisotopic (exact) mass is 368 g/mol. The van der Waals surface area contributed by atoms with E-state index in [0.717, 1.165) is 18.7 Å². The number of benzene rings is 3. The van der Waals surface area contributed by atoms with Crippen LogP contribution < -0.4 is 9.80 Å². The van der Waals surface area contributed by atoms with Crippen LogP contribution in [0.25, 0.3) is 0 Å². The standard InChI is InChI=1S/C25H24N2O/c1-17-8-10-22-20(12-17)15-26-23-11-9-18(2)13-21(23)16-27(22)25(26)14-24(28)19-6-4-3-5-7-19/h3-13,25H,14-16H2,1-2H3. The van der Waals surface area contributed by atoms with Crippen molar-refractivity contribution in [3.05, 3.63) is 94.5 Å². The summed E-state index contributed by atoms with van der Waals surface area (Å²) in [4.78, 5) is 17.9. The first kappa shape index (κ1) is 17.1. The van der Waals surface area contributed by atoms with Gasteiger partial charge >= 0.3 is 0 Å². The molecule has 3 heteroatoms. The molecule has 3 aromatic rings. The van der Waals surface area contributed by atoms with E-state index in [1.165, 1.54) is 33.6 Å². The molecule has 0 aromatic heterocycles. The fourth-order valence-electron chi connectivity index (χ4n) is 4.61. The number of carbonyl (C=O) groups is 1. The molecule has 2 heterocycles. The van der Waals surface area contributed by atoms with E-state index in [9.17, 15) is 4.79 Å². The molecule has 0 fully saturated rings. The van der Waals surface area contributed by atoms with E-state index in [0.29, 0.717) is 6.42 Å². The van der Waals surface area contributed by atoms with E-state index >= 15 is 0 Å². The van der Waals surface area contributed by atoms with E-state index < -0.39 is 0 Å². The Labute approximate surface area is 166 Å². The molecule has 3 nitrogen and oxygen atoms in total. The van der Waals surface area contributed by atoms with Crippen molar-refractivity contribution in [3.8, 4) is 0 Å². The smallest absolute Gasteiger partial charge is 0.166 e. The van der Waals surface area contributed by atoms with Crippen molar-refractivity contribution in [1.82, 2.24) is 0 Å². The lowest BCUT2D eigenvalue weighted by Crippen LogP contribution is -2.55. The summed E-state index contributed by atoms with van der Waals surface area (Å²) < 4.78 is 0. The van der Waals surface area contributed by atoms with E-state index in [-0.39, 0.29) is 11.9 Å². The maximum absolute atomic E-state index is 13.0. The number of nitrogens with zero attached hydrogens (tertiary/aromatic N) is 2. The molecule has 0 N–H and O–H groups in total. The van der Waals surface area contributed by atoms with Gasteiger partial charge in [0.2, 0.25) is 0 Å². The van der Waals surface area contributed by atoms with Crippen molar-refractivity contribution < 1.29 is 4.79 Å². The Bertz CT molecular complexity index is 998. The highest BCUT2D eigenvalue weighted by atomic mass is 16.1. The van der Waals surface area contributed by atoms with Crippen LogP contribution in [0, 0.1) is 13.8 Å². The van der Waals surface area contributed by atoms with Gasteiger partial charge in [0, 0.05) is 30.0 Å². The van der Waals surface area contributed by atoms with E-state index in [1.54, 1.807) is 0 Å². The maximum Gasteiger partial charge on any atom is 0.166 e. The number of carbonyl (C=O) groups excluding carboxylic acids is 1. The third-order valence-electron chi connectivity index (χ3n) is 5.95. The van der Waals surface area contributed by atoms with Gasteiger partial charge in [0.1, 0.15) is 6.17 Å². The van der Waals surface area contributed by atoms with Crippen molar-refractivity contribution in [3.63, 3.8) is 0 Å². The summed E-state index contributed by atoms with van der Waals surface area (Å²) in [6.07, 6.45) is 0.545. The Morgan fingerprint density at radius 2 is 1.36 bits per heavy atom. The van der Waals surface area contributed by atoms with Crippen LogP contribution in [0.3, 0.4) is 0 Å². The Morgan fingerprint density at radius 1 is 0.821 bits per heavy atom. The molecule has 2 aliphatic rings. The van der Waals surface area contributed by atoms with E-state index in [1.807, 2.05) is 30.3 Å². The lowest BCUT2D eigenvalue weighted by Gasteiger charge is -2.51. The van der Waals surface area contributed by atoms with Crippen molar-refractivity contribution in [2.24, 2.45) is 0 Å². The Hall–Kier alpha value is -3.07. The van der Waals surface area contributed by atoms with E-state index in [2.05, 4.69) is 60.0 Å². The van der Waals surface area contributed by atoms with Crippen LogP contribution in [0.1, 0.15) is 39.0 Å². The second kappa shape index (κ2) is 6.52. The normalized spacial score (nSPS) is 15.2. The first-order valence-electron chi connectivity index (χ1n) is 9.91. The van der Waals surface area contributed by atoms with Gasteiger partial charge in [0.05, 0.1) is 6.42 Å². The maximum atomic E-state index is 13.0. The number of rotatable bonds is 3. The summed E-state index contributed by atoms with van der Waals surface area (Å²) in [6, 6.07) is 23.0. The molecule has 0 saturated carbocycles. The van der Waals surface area contributed by atoms with Gasteiger partial charge in [-0.3, -0.25) is 4.79 Å². The van der Waals surface area contributed by atoms with Gasteiger partial charge in [0.25, 0.3) is 0 Å². The van der Waals surface area contributed by atoms with Gasteiger partial charge in [-0.05, 0) is 37.1 Å². The zero-order chi connectivity index (χ0) is 19.3. The Morgan fingerprint density at radius 3 is 1.89 bits per heavy atom. The van der Waals surface area contributed by atoms with Gasteiger partial charge < -0.3 is 9.80 Å². The minimum atomic E-state index is 0.0538. The predicted octanol–water partition coefficient (Wildman–Crippen LogP) is 5.24. The third kappa shape index (κ3) is 2.78. The summed E-state index contributed by atoms with van der Waals surface area (Å²) >= 11 is 0. The van der Waals surface area contributed by atoms with Crippen LogP contribution in [0.2, 0.25) is 0 Å². The van der Waals surface area contributed by atoms with Gasteiger partial charge in [0.15, 0.2) is 5.78 Å². The number of fused-ring (bicyclic) bond motifs is 6. The van der Waals surface area contributed by atoms with Crippen LogP contribution in [-0.2, 0) is 13.1 Å². The quantitative estimate of drug-likeness (QED) is 0.591. The van der Waals surface area contributed by atoms with Crippen LogP contribution in [0.4, 0.5) is 11.4 Å². The number of anilines is 2. The van der Waals surface area contributed by atoms with Crippen LogP contribution >= 0.6 is 0 Å². The zero-order valence-electron chi connectivity index (χ0n) is 16.4. The van der Waals surface area contributed by atoms with Crippen LogP contribution in [-0.4, -0.2) is 11.9 Å². The summed E-state index contributed by atoms with van der Waals surface area (Å²) in [5, 5.41) is 0. The highest BCUT2D eigenvalue weighted by Gasteiger charge is 2.38. The lowest BCUT2D eigenvalue weighted by atomic mass is 9.94. The molecule has 28 heavy (non-hydrogen) atoms. The molecule has 0 spiro atoms. The number of Topliss-reactive ketones (excluding diaryl/α,β-unsaturated/α-hetero) is 1. The fourth-order valence-corrected chi connectivity index (χ4v) is 4.61. The van der Waals surface area contributed by atoms with Crippen LogP contribution in [0.15, 0.2) is 66.7 Å². The molecule has 0 aliphatic carbocycles. The molecule has 0 radical (unpaired) electrons. The van der Waals surface area contributed by atoms with Gasteiger partial charge in [-0.15, -0.1) is 0 Å². The van der Waals surface area contributed by atoms with Crippen molar-refractivity contribution in [2.75, 3.05) is 9.80 Å². The minimum Gasteiger partial charge on any atom is -0.346 e. The second-order valence-corrected chi connectivity index (χ2v) is 7.99. The summed E-state index contributed by atoms with van der Waals surface area (Å²) in [5.74, 6) is 0.201. The molecule has 0 atom stereocenters. The average Bonchev–Trinajstić information content (AvgIpc) is 2.69. The van der Waals surface area contributed by atoms with Crippen LogP contribution in [0.5, 0.6) is 0 Å². The molecule has 2 bridgehead atoms. The minimum absolute atomic E-state index is 0.0538. The van der Waals surface area contributed by atoms with Crippen molar-refractivity contribution in [2.45, 2.75) is 39.5 Å². The topological polar surface area (TPSA) is 23.6 Å². The summed E-state index contributed by atoms with van der Waals surface area (Å²) in [6.45, 7) is 5.97. The largest absolute Gasteiger partial charge is 0.346 e. The fraction of sp³-hybridized carbons (Fsp3) is 0.240. The van der Waals surface area contributed by atoms with Gasteiger partial charge in [-0.1, -0.05) is 65.7 Å². The summed E-state index contributed by atoms with van der Waals surface area (Å²) in [7, 11) is 0. The molecule has 3 aromatic carbocycles. The first-order valence-corrected chi connectivity index (χ1v) is 9.91. The number of aryl methyl sites for hydroxylation is 2. The van der Waals surface area contributed by atoms with Gasteiger partial charge in [-0.25, -0.2) is 0 Å². The van der Waals surface area contributed by atoms with Crippen molar-refractivity contribution in [1.29, 1.82) is 0 Å². The first-order chi connectivity index (χ1) is 13.6. The average molecular weight is 368 g/mol. The SMILES string of the molecule is Cc1ccc2c(c1)CN1c3ccc(C)cc3CN2C1CC(=O)c1ccccc1. The highest BCUT2D eigenvalue weighted by Crippen LogP contribution is 2.42. The number of hydrogen-bond donors (Lipinski definition) is 0. The Kier molecular flexibility index (Phi) is 3.97. The molecule has 2 aliphatic heterocycles. The molecule has 0 amide bonds. The summed E-state index contributed by atoms with van der Waals surface area (Å²) in [5.41, 5.74) is 8.56. The predicted molar refractivity (Wildman–Crippen MR) is 114 cm³/mol. The Balaban J connectivity index is 1.57. The molecule has 0 saturated heterocycles. The molecule has 5 rings (SSSR count). The van der Waals surface area contributed by atoms with Crippen molar-refractivity contribution >= 4 is 17.2 Å². The second-order valence-electron chi connectivity index (χ2n) is 7.99. The van der Waals surface area contributed by atoms with Gasteiger partial charge in [-0.2, -0.15) is 0 Å². The lowest BCUT2D eigenvalue weighted by molar-refractivity contribution is 0.0970.